The number of aryl methyl sites for hydroxylation is 1. The van der Waals surface area contributed by atoms with Gasteiger partial charge in [0.2, 0.25) is 5.91 Å². The van der Waals surface area contributed by atoms with E-state index in [-0.39, 0.29) is 11.7 Å². The number of nitrogens with two attached hydrogens (primary N) is 1. The minimum Gasteiger partial charge on any atom is -0.369 e. The molecule has 72 valence electrons. The monoisotopic (exact) mass is 200 g/mol. The van der Waals surface area contributed by atoms with E-state index in [0.717, 1.165) is 17.4 Å². The van der Waals surface area contributed by atoms with E-state index >= 15 is 0 Å². The lowest BCUT2D eigenvalue weighted by atomic mass is 10.5. The third-order valence-corrected chi connectivity index (χ3v) is 2.63. The van der Waals surface area contributed by atoms with Crippen LogP contribution in [0.5, 0.6) is 0 Å². The quantitative estimate of drug-likeness (QED) is 0.692. The average Bonchev–Trinajstić information content (AvgIpc) is 2.43. The van der Waals surface area contributed by atoms with E-state index in [0.29, 0.717) is 0 Å². The van der Waals surface area contributed by atoms with Gasteiger partial charge in [0.25, 0.3) is 0 Å². The smallest absolute Gasteiger partial charge is 0.227 e. The highest BCUT2D eigenvalue weighted by Gasteiger charge is 2.07. The topological polar surface area (TPSA) is 73.8 Å². The molecule has 0 saturated carbocycles. The van der Waals surface area contributed by atoms with Gasteiger partial charge in [0.15, 0.2) is 5.16 Å². The van der Waals surface area contributed by atoms with Crippen molar-refractivity contribution in [2.45, 2.75) is 18.5 Å². The van der Waals surface area contributed by atoms with Gasteiger partial charge in [-0.05, 0) is 0 Å². The van der Waals surface area contributed by atoms with Crippen molar-refractivity contribution in [3.63, 3.8) is 0 Å². The molecule has 0 aromatic carbocycles. The molecule has 1 aromatic rings. The van der Waals surface area contributed by atoms with Crippen molar-refractivity contribution < 1.29 is 4.79 Å². The molecule has 2 N–H and O–H groups in total. The summed E-state index contributed by atoms with van der Waals surface area (Å²) in [6.45, 7) is 2.01. The molecule has 0 aliphatic carbocycles. The third kappa shape index (κ3) is 2.45. The summed E-state index contributed by atoms with van der Waals surface area (Å²) in [4.78, 5) is 10.5. The zero-order chi connectivity index (χ0) is 9.84. The van der Waals surface area contributed by atoms with Gasteiger partial charge in [-0.1, -0.05) is 18.7 Å². The van der Waals surface area contributed by atoms with Crippen molar-refractivity contribution in [3.8, 4) is 0 Å². The predicted molar refractivity (Wildman–Crippen MR) is 50.3 cm³/mol. The van der Waals surface area contributed by atoms with Crippen molar-refractivity contribution in [1.82, 2.24) is 14.8 Å². The highest BCUT2D eigenvalue weighted by molar-refractivity contribution is 7.99. The molecule has 0 radical (unpaired) electrons. The Labute approximate surface area is 80.7 Å². The Bertz CT molecular complexity index is 309. The molecule has 6 heteroatoms. The second-order valence-corrected chi connectivity index (χ2v) is 3.51. The summed E-state index contributed by atoms with van der Waals surface area (Å²) in [6.07, 6.45) is 0.834. The molecule has 13 heavy (non-hydrogen) atoms. The molecule has 0 bridgehead atoms. The average molecular weight is 200 g/mol. The number of hydrogen-bond donors (Lipinski definition) is 1. The summed E-state index contributed by atoms with van der Waals surface area (Å²) < 4.78 is 1.87. The molecule has 0 aliphatic heterocycles. The third-order valence-electron chi connectivity index (χ3n) is 1.58. The van der Waals surface area contributed by atoms with Gasteiger partial charge < -0.3 is 10.3 Å². The fraction of sp³-hybridized carbons (Fsp3) is 0.571. The number of hydrogen-bond acceptors (Lipinski definition) is 4. The van der Waals surface area contributed by atoms with Crippen molar-refractivity contribution in [3.05, 3.63) is 5.82 Å². The molecule has 0 aliphatic rings. The number of rotatable bonds is 4. The molecule has 0 spiro atoms. The Balaban J connectivity index is 2.67. The summed E-state index contributed by atoms with van der Waals surface area (Å²) in [5, 5.41) is 8.61. The first kappa shape index (κ1) is 10.0. The second-order valence-electron chi connectivity index (χ2n) is 2.57. The Morgan fingerprint density at radius 1 is 1.62 bits per heavy atom. The van der Waals surface area contributed by atoms with Crippen molar-refractivity contribution >= 4 is 17.7 Å². The van der Waals surface area contributed by atoms with E-state index in [1.807, 2.05) is 18.5 Å². The highest BCUT2D eigenvalue weighted by atomic mass is 32.2. The van der Waals surface area contributed by atoms with E-state index in [1.54, 1.807) is 0 Å². The summed E-state index contributed by atoms with van der Waals surface area (Å²) in [6, 6.07) is 0. The number of nitrogens with zero attached hydrogens (tertiary/aromatic N) is 3. The van der Waals surface area contributed by atoms with E-state index in [9.17, 15) is 4.79 Å². The van der Waals surface area contributed by atoms with Crippen LogP contribution in [-0.4, -0.2) is 26.4 Å². The van der Waals surface area contributed by atoms with Crippen LogP contribution in [0.2, 0.25) is 0 Å². The van der Waals surface area contributed by atoms with Crippen LogP contribution in [0.1, 0.15) is 12.7 Å². The Morgan fingerprint density at radius 3 is 2.77 bits per heavy atom. The number of carbonyl (C=O) groups excluding carboxylic acids is 1. The fourth-order valence-electron chi connectivity index (χ4n) is 0.914. The maximum absolute atomic E-state index is 10.5. The van der Waals surface area contributed by atoms with Gasteiger partial charge in [0.1, 0.15) is 5.82 Å². The molecule has 1 aromatic heterocycles. The standard InChI is InChI=1S/C7H12N4OS/c1-3-6-9-10-7(11(6)2)13-4-5(8)12/h3-4H2,1-2H3,(H2,8,12). The second kappa shape index (κ2) is 4.27. The van der Waals surface area contributed by atoms with Crippen LogP contribution >= 0.6 is 11.8 Å². The molecular formula is C7H12N4OS. The van der Waals surface area contributed by atoms with Crippen LogP contribution in [0.3, 0.4) is 0 Å². The number of thioether (sulfide) groups is 1. The van der Waals surface area contributed by atoms with E-state index < -0.39 is 0 Å². The van der Waals surface area contributed by atoms with Gasteiger partial charge in [-0.3, -0.25) is 4.79 Å². The first-order valence-electron chi connectivity index (χ1n) is 3.94. The minimum absolute atomic E-state index is 0.246. The van der Waals surface area contributed by atoms with E-state index in [2.05, 4.69) is 10.2 Å². The van der Waals surface area contributed by atoms with Gasteiger partial charge in [-0.25, -0.2) is 0 Å². The largest absolute Gasteiger partial charge is 0.369 e. The zero-order valence-electron chi connectivity index (χ0n) is 7.65. The minimum atomic E-state index is -0.342. The SMILES string of the molecule is CCc1nnc(SCC(N)=O)n1C. The fourth-order valence-corrected chi connectivity index (χ4v) is 1.58. The molecule has 0 saturated heterocycles. The molecule has 1 rings (SSSR count). The predicted octanol–water partition coefficient (Wildman–Crippen LogP) is -0.0451. The maximum atomic E-state index is 10.5. The summed E-state index contributed by atoms with van der Waals surface area (Å²) in [5.74, 6) is 0.813. The number of aromatic nitrogens is 3. The molecule has 0 unspecified atom stereocenters. The van der Waals surface area contributed by atoms with Crippen LogP contribution < -0.4 is 5.73 Å². The number of amides is 1. The summed E-state index contributed by atoms with van der Waals surface area (Å²) in [5.41, 5.74) is 5.01. The number of primary amides is 1. The van der Waals surface area contributed by atoms with Crippen LogP contribution in [0.15, 0.2) is 5.16 Å². The maximum Gasteiger partial charge on any atom is 0.227 e. The first-order chi connectivity index (χ1) is 6.15. The molecule has 0 fully saturated rings. The van der Waals surface area contributed by atoms with Gasteiger partial charge in [-0.15, -0.1) is 10.2 Å². The Kier molecular flexibility index (Phi) is 3.30. The molecule has 0 atom stereocenters. The van der Waals surface area contributed by atoms with E-state index in [1.165, 1.54) is 11.8 Å². The number of carbonyl (C=O) groups is 1. The Hall–Kier alpha value is -1.04. The van der Waals surface area contributed by atoms with Gasteiger partial charge in [0.05, 0.1) is 5.75 Å². The lowest BCUT2D eigenvalue weighted by Gasteiger charge is -1.99. The normalized spacial score (nSPS) is 10.3. The van der Waals surface area contributed by atoms with Crippen LogP contribution in [0.25, 0.3) is 0 Å². The Morgan fingerprint density at radius 2 is 2.31 bits per heavy atom. The van der Waals surface area contributed by atoms with Crippen molar-refractivity contribution in [1.29, 1.82) is 0 Å². The van der Waals surface area contributed by atoms with Gasteiger partial charge in [0, 0.05) is 13.5 Å². The summed E-state index contributed by atoms with van der Waals surface area (Å²) >= 11 is 1.31. The van der Waals surface area contributed by atoms with E-state index in [4.69, 9.17) is 5.73 Å². The molecular weight excluding hydrogens is 188 g/mol. The van der Waals surface area contributed by atoms with Crippen LogP contribution in [0, 0.1) is 0 Å². The molecule has 1 amide bonds. The van der Waals surface area contributed by atoms with Gasteiger partial charge >= 0.3 is 0 Å². The van der Waals surface area contributed by atoms with Crippen LogP contribution in [-0.2, 0) is 18.3 Å². The zero-order valence-corrected chi connectivity index (χ0v) is 8.47. The van der Waals surface area contributed by atoms with Crippen LogP contribution in [0.4, 0.5) is 0 Å². The lowest BCUT2D eigenvalue weighted by molar-refractivity contribution is -0.115. The highest BCUT2D eigenvalue weighted by Crippen LogP contribution is 2.14. The summed E-state index contributed by atoms with van der Waals surface area (Å²) in [7, 11) is 1.88. The van der Waals surface area contributed by atoms with Gasteiger partial charge in [-0.2, -0.15) is 0 Å². The first-order valence-corrected chi connectivity index (χ1v) is 4.93. The van der Waals surface area contributed by atoms with Crippen molar-refractivity contribution in [2.75, 3.05) is 5.75 Å². The molecule has 5 nitrogen and oxygen atoms in total. The van der Waals surface area contributed by atoms with Crippen molar-refractivity contribution in [2.24, 2.45) is 12.8 Å². The lowest BCUT2D eigenvalue weighted by Crippen LogP contribution is -2.13. The molecule has 1 heterocycles.